The van der Waals surface area contributed by atoms with Gasteiger partial charge in [-0.1, -0.05) is 20.8 Å². The molecule has 0 saturated heterocycles. The average Bonchev–Trinajstić information content (AvgIpc) is 2.47. The zero-order valence-electron chi connectivity index (χ0n) is 8.45. The molecule has 1 aliphatic heterocycles. The maximum atomic E-state index is 5.84. The van der Waals surface area contributed by atoms with Crippen molar-refractivity contribution in [1.29, 1.82) is 0 Å². The van der Waals surface area contributed by atoms with Crippen molar-refractivity contribution in [1.82, 2.24) is 9.55 Å². The van der Waals surface area contributed by atoms with Crippen LogP contribution in [-0.4, -0.2) is 15.7 Å². The Kier molecular flexibility index (Phi) is 1.82. The Morgan fingerprint density at radius 3 is 3.00 bits per heavy atom. The van der Waals surface area contributed by atoms with Crippen molar-refractivity contribution in [2.24, 2.45) is 5.41 Å². The van der Waals surface area contributed by atoms with Crippen molar-refractivity contribution in [3.05, 3.63) is 12.5 Å². The second kappa shape index (κ2) is 2.76. The van der Waals surface area contributed by atoms with Crippen LogP contribution in [-0.2, 0) is 6.54 Å². The zero-order valence-corrected chi connectivity index (χ0v) is 8.45. The van der Waals surface area contributed by atoms with E-state index in [-0.39, 0.29) is 5.41 Å². The van der Waals surface area contributed by atoms with Crippen molar-refractivity contribution in [2.75, 3.05) is 0 Å². The first-order valence-electron chi connectivity index (χ1n) is 4.74. The van der Waals surface area contributed by atoms with Gasteiger partial charge in [0.05, 0.1) is 12.5 Å². The van der Waals surface area contributed by atoms with E-state index in [1.54, 1.807) is 6.20 Å². The minimum Gasteiger partial charge on any atom is -0.474 e. The summed E-state index contributed by atoms with van der Waals surface area (Å²) in [4.78, 5) is 4.06. The molecule has 1 aromatic heterocycles. The van der Waals surface area contributed by atoms with E-state index in [1.807, 2.05) is 6.33 Å². The predicted molar refractivity (Wildman–Crippen MR) is 50.7 cm³/mol. The summed E-state index contributed by atoms with van der Waals surface area (Å²) >= 11 is 0. The molecule has 2 rings (SSSR count). The minimum atomic E-state index is 0.218. The van der Waals surface area contributed by atoms with Crippen LogP contribution in [0.2, 0.25) is 0 Å². The lowest BCUT2D eigenvalue weighted by Crippen LogP contribution is -2.36. The lowest BCUT2D eigenvalue weighted by molar-refractivity contribution is 0.0466. The Morgan fingerprint density at radius 1 is 1.54 bits per heavy atom. The molecule has 1 aromatic rings. The molecule has 3 nitrogen and oxygen atoms in total. The van der Waals surface area contributed by atoms with Crippen LogP contribution in [0.25, 0.3) is 0 Å². The Morgan fingerprint density at radius 2 is 2.31 bits per heavy atom. The molecule has 1 unspecified atom stereocenters. The molecule has 1 atom stereocenters. The zero-order chi connectivity index (χ0) is 9.47. The summed E-state index contributed by atoms with van der Waals surface area (Å²) in [6.07, 6.45) is 5.01. The van der Waals surface area contributed by atoms with Crippen molar-refractivity contribution < 1.29 is 4.74 Å². The quantitative estimate of drug-likeness (QED) is 0.611. The van der Waals surface area contributed by atoms with Gasteiger partial charge < -0.3 is 9.30 Å². The van der Waals surface area contributed by atoms with Crippen LogP contribution in [0.15, 0.2) is 12.5 Å². The monoisotopic (exact) mass is 180 g/mol. The predicted octanol–water partition coefficient (Wildman–Crippen LogP) is 2.08. The van der Waals surface area contributed by atoms with Crippen molar-refractivity contribution >= 4 is 0 Å². The summed E-state index contributed by atoms with van der Waals surface area (Å²) in [7, 11) is 0. The first-order valence-corrected chi connectivity index (χ1v) is 4.74. The molecule has 0 fully saturated rings. The van der Waals surface area contributed by atoms with Gasteiger partial charge in [-0.25, -0.2) is 4.98 Å². The second-order valence-electron chi connectivity index (χ2n) is 4.69. The third-order valence-corrected chi connectivity index (χ3v) is 2.54. The molecular formula is C10H16N2O. The van der Waals surface area contributed by atoms with Gasteiger partial charge in [-0.05, 0) is 5.41 Å². The van der Waals surface area contributed by atoms with Gasteiger partial charge in [0.2, 0.25) is 5.88 Å². The van der Waals surface area contributed by atoms with Gasteiger partial charge in [-0.2, -0.15) is 0 Å². The molecule has 0 N–H and O–H groups in total. The number of aryl methyl sites for hydroxylation is 1. The van der Waals surface area contributed by atoms with E-state index < -0.39 is 0 Å². The maximum absolute atomic E-state index is 5.84. The van der Waals surface area contributed by atoms with Crippen LogP contribution in [0.5, 0.6) is 5.88 Å². The molecule has 3 heteroatoms. The van der Waals surface area contributed by atoms with E-state index in [1.165, 1.54) is 0 Å². The van der Waals surface area contributed by atoms with Crippen LogP contribution >= 0.6 is 0 Å². The third kappa shape index (κ3) is 1.55. The van der Waals surface area contributed by atoms with Crippen LogP contribution in [0.4, 0.5) is 0 Å². The molecule has 0 spiro atoms. The summed E-state index contributed by atoms with van der Waals surface area (Å²) in [5, 5.41) is 0. The third-order valence-electron chi connectivity index (χ3n) is 2.54. The fourth-order valence-corrected chi connectivity index (χ4v) is 1.65. The molecule has 0 bridgehead atoms. The molecule has 0 aliphatic carbocycles. The van der Waals surface area contributed by atoms with Crippen molar-refractivity contribution in [2.45, 2.75) is 39.8 Å². The highest BCUT2D eigenvalue weighted by Crippen LogP contribution is 2.30. The van der Waals surface area contributed by atoms with Gasteiger partial charge in [0.25, 0.3) is 0 Å². The van der Waals surface area contributed by atoms with E-state index in [9.17, 15) is 0 Å². The summed E-state index contributed by atoms with van der Waals surface area (Å²) < 4.78 is 7.89. The Balaban J connectivity index is 2.18. The number of fused-ring (bicyclic) bond motifs is 1. The van der Waals surface area contributed by atoms with E-state index >= 15 is 0 Å². The molecule has 1 aliphatic rings. The van der Waals surface area contributed by atoms with Crippen LogP contribution in [0.3, 0.4) is 0 Å². The van der Waals surface area contributed by atoms with Crippen LogP contribution in [0.1, 0.15) is 27.2 Å². The Bertz CT molecular complexity index is 298. The first-order chi connectivity index (χ1) is 6.07. The van der Waals surface area contributed by atoms with Crippen LogP contribution in [0, 0.1) is 5.41 Å². The van der Waals surface area contributed by atoms with Gasteiger partial charge in [-0.3, -0.25) is 0 Å². The maximum Gasteiger partial charge on any atom is 0.213 e. The molecule has 0 saturated carbocycles. The van der Waals surface area contributed by atoms with Crippen LogP contribution < -0.4 is 4.74 Å². The minimum absolute atomic E-state index is 0.218. The molecule has 0 aromatic carbocycles. The number of hydrogen-bond acceptors (Lipinski definition) is 2. The standard InChI is InChI=1S/C10H16N2O/c1-10(2,3)8-4-5-12-7-11-6-9(12)13-8/h6-8H,4-5H2,1-3H3. The highest BCUT2D eigenvalue weighted by atomic mass is 16.5. The molecular weight excluding hydrogens is 164 g/mol. The van der Waals surface area contributed by atoms with Crippen molar-refractivity contribution in [3.8, 4) is 5.88 Å². The smallest absolute Gasteiger partial charge is 0.213 e. The number of rotatable bonds is 0. The van der Waals surface area contributed by atoms with Gasteiger partial charge in [0.1, 0.15) is 6.10 Å². The number of nitrogens with zero attached hydrogens (tertiary/aromatic N) is 2. The highest BCUT2D eigenvalue weighted by Gasteiger charge is 2.30. The Hall–Kier alpha value is -0.990. The number of hydrogen-bond donors (Lipinski definition) is 0. The fourth-order valence-electron chi connectivity index (χ4n) is 1.65. The molecule has 0 amide bonds. The summed E-state index contributed by atoms with van der Waals surface area (Å²) in [5.74, 6) is 0.908. The molecule has 0 radical (unpaired) electrons. The topological polar surface area (TPSA) is 27.1 Å². The molecule has 72 valence electrons. The van der Waals surface area contributed by atoms with Gasteiger partial charge >= 0.3 is 0 Å². The van der Waals surface area contributed by atoms with E-state index in [2.05, 4.69) is 30.3 Å². The van der Waals surface area contributed by atoms with Gasteiger partial charge in [-0.15, -0.1) is 0 Å². The van der Waals surface area contributed by atoms with Gasteiger partial charge in [0, 0.05) is 13.0 Å². The average molecular weight is 180 g/mol. The SMILES string of the molecule is CC(C)(C)C1CCn2cncc2O1. The lowest BCUT2D eigenvalue weighted by Gasteiger charge is -2.34. The molecule has 13 heavy (non-hydrogen) atoms. The van der Waals surface area contributed by atoms with E-state index in [0.29, 0.717) is 6.10 Å². The fraction of sp³-hybridized carbons (Fsp3) is 0.700. The Labute approximate surface area is 78.7 Å². The second-order valence-corrected chi connectivity index (χ2v) is 4.69. The summed E-state index contributed by atoms with van der Waals surface area (Å²) in [6.45, 7) is 7.66. The highest BCUT2D eigenvalue weighted by molar-refractivity contribution is 5.09. The largest absolute Gasteiger partial charge is 0.474 e. The lowest BCUT2D eigenvalue weighted by atomic mass is 9.86. The normalized spacial score (nSPS) is 22.2. The van der Waals surface area contributed by atoms with Gasteiger partial charge in [0.15, 0.2) is 0 Å². The molecule has 2 heterocycles. The summed E-state index contributed by atoms with van der Waals surface area (Å²) in [5.41, 5.74) is 0.218. The number of aromatic nitrogens is 2. The number of imidazole rings is 1. The summed E-state index contributed by atoms with van der Waals surface area (Å²) in [6, 6.07) is 0. The first kappa shape index (κ1) is 8.60. The number of ether oxygens (including phenoxy) is 1. The van der Waals surface area contributed by atoms with E-state index in [4.69, 9.17) is 4.74 Å². The van der Waals surface area contributed by atoms with Crippen molar-refractivity contribution in [3.63, 3.8) is 0 Å². The van der Waals surface area contributed by atoms with E-state index in [0.717, 1.165) is 18.8 Å².